The number of fused-ring (bicyclic) bond motifs is 5. The molecule has 0 saturated heterocycles. The van der Waals surface area contributed by atoms with Gasteiger partial charge in [0.1, 0.15) is 5.82 Å². The van der Waals surface area contributed by atoms with Crippen LogP contribution in [0.1, 0.15) is 35.7 Å². The number of aryl methyl sites for hydroxylation is 1. The number of benzene rings is 3. The fraction of sp³-hybridized carbons (Fsp3) is 0.227. The van der Waals surface area contributed by atoms with Gasteiger partial charge < -0.3 is 4.98 Å². The molecule has 1 unspecified atom stereocenters. The van der Waals surface area contributed by atoms with Crippen LogP contribution in [0.2, 0.25) is 0 Å². The summed E-state index contributed by atoms with van der Waals surface area (Å²) in [5.41, 5.74) is 3.08. The molecule has 3 aromatic carbocycles. The van der Waals surface area contributed by atoms with Crippen LogP contribution < -0.4 is 0 Å². The fourth-order valence-electron chi connectivity index (χ4n) is 4.36. The Morgan fingerprint density at radius 3 is 2.79 bits per heavy atom. The Bertz CT molecular complexity index is 1010. The molecule has 0 amide bonds. The van der Waals surface area contributed by atoms with Crippen LogP contribution in [0.25, 0.3) is 21.5 Å². The molecule has 118 valence electrons. The lowest BCUT2D eigenvalue weighted by Gasteiger charge is -2.26. The topological polar surface area (TPSA) is 28.7 Å². The Hall–Kier alpha value is -2.61. The van der Waals surface area contributed by atoms with E-state index in [-0.39, 0.29) is 0 Å². The first-order chi connectivity index (χ1) is 11.9. The van der Waals surface area contributed by atoms with Crippen LogP contribution in [0.15, 0.2) is 60.9 Å². The van der Waals surface area contributed by atoms with Gasteiger partial charge in [-0.2, -0.15) is 0 Å². The zero-order valence-electron chi connectivity index (χ0n) is 13.6. The van der Waals surface area contributed by atoms with Gasteiger partial charge in [0, 0.05) is 18.8 Å². The van der Waals surface area contributed by atoms with Gasteiger partial charge >= 0.3 is 0 Å². The van der Waals surface area contributed by atoms with Crippen molar-refractivity contribution in [3.05, 3.63) is 77.9 Å². The minimum atomic E-state index is 0.579. The van der Waals surface area contributed by atoms with Gasteiger partial charge in [-0.1, -0.05) is 48.5 Å². The molecule has 1 aliphatic rings. The zero-order chi connectivity index (χ0) is 15.9. The first-order valence-electron chi connectivity index (χ1n) is 8.81. The number of H-pyrrole nitrogens is 1. The summed E-state index contributed by atoms with van der Waals surface area (Å²) in [5, 5.41) is 5.53. The number of hydrogen-bond acceptors (Lipinski definition) is 1. The standard InChI is InChI=1S/C22H20N2/c1-2-6-17-15(4-1)8-9-21-19-7-3-5-16(14-22-23-12-13-24-22)18(19)10-11-20(17)21/h1-2,4,6,8-13,16H,3,5,7,14H2,(H,23,24). The van der Waals surface area contributed by atoms with E-state index in [1.165, 1.54) is 46.4 Å². The van der Waals surface area contributed by atoms with E-state index in [1.807, 2.05) is 12.4 Å². The maximum Gasteiger partial charge on any atom is 0.106 e. The van der Waals surface area contributed by atoms with Crippen LogP contribution in [0, 0.1) is 0 Å². The average molecular weight is 312 g/mol. The molecule has 1 atom stereocenters. The van der Waals surface area contributed by atoms with E-state index < -0.39 is 0 Å². The van der Waals surface area contributed by atoms with E-state index >= 15 is 0 Å². The number of aromatic amines is 1. The molecule has 1 heterocycles. The lowest BCUT2D eigenvalue weighted by molar-refractivity contribution is 0.544. The number of aromatic nitrogens is 2. The molecule has 0 saturated carbocycles. The van der Waals surface area contributed by atoms with Gasteiger partial charge in [-0.25, -0.2) is 4.98 Å². The minimum Gasteiger partial charge on any atom is -0.349 e. The molecule has 0 spiro atoms. The third-order valence-corrected chi connectivity index (χ3v) is 5.49. The Labute approximate surface area is 141 Å². The number of nitrogens with one attached hydrogen (secondary N) is 1. The maximum atomic E-state index is 4.43. The SMILES string of the molecule is c1ccc2c(c1)ccc1c3c(ccc12)C(Cc1ncc[nH]1)CCC3. The molecule has 1 aromatic heterocycles. The van der Waals surface area contributed by atoms with Crippen molar-refractivity contribution >= 4 is 21.5 Å². The smallest absolute Gasteiger partial charge is 0.106 e. The molecule has 1 aliphatic carbocycles. The Balaban J connectivity index is 1.68. The highest BCUT2D eigenvalue weighted by Crippen LogP contribution is 2.39. The van der Waals surface area contributed by atoms with Crippen LogP contribution in [0.4, 0.5) is 0 Å². The summed E-state index contributed by atoms with van der Waals surface area (Å²) >= 11 is 0. The summed E-state index contributed by atoms with van der Waals surface area (Å²) in [6, 6.07) is 18.0. The second-order valence-corrected chi connectivity index (χ2v) is 6.84. The summed E-state index contributed by atoms with van der Waals surface area (Å²) in [7, 11) is 0. The molecular weight excluding hydrogens is 292 g/mol. The first-order valence-corrected chi connectivity index (χ1v) is 8.81. The summed E-state index contributed by atoms with van der Waals surface area (Å²) in [4.78, 5) is 7.70. The molecule has 1 N–H and O–H groups in total. The number of imidazole rings is 1. The van der Waals surface area contributed by atoms with Crippen molar-refractivity contribution in [1.29, 1.82) is 0 Å². The van der Waals surface area contributed by atoms with Gasteiger partial charge in [0.15, 0.2) is 0 Å². The molecule has 0 bridgehead atoms. The molecule has 0 aliphatic heterocycles. The molecule has 5 rings (SSSR count). The Morgan fingerprint density at radius 2 is 1.88 bits per heavy atom. The summed E-state index contributed by atoms with van der Waals surface area (Å²) < 4.78 is 0. The highest BCUT2D eigenvalue weighted by molar-refractivity contribution is 6.08. The minimum absolute atomic E-state index is 0.579. The van der Waals surface area contributed by atoms with Crippen molar-refractivity contribution < 1.29 is 0 Å². The number of nitrogens with zero attached hydrogens (tertiary/aromatic N) is 1. The summed E-state index contributed by atoms with van der Waals surface area (Å²) in [6.07, 6.45) is 8.51. The largest absolute Gasteiger partial charge is 0.349 e. The monoisotopic (exact) mass is 312 g/mol. The Morgan fingerprint density at radius 1 is 0.958 bits per heavy atom. The first kappa shape index (κ1) is 13.8. The second-order valence-electron chi connectivity index (χ2n) is 6.84. The van der Waals surface area contributed by atoms with E-state index in [1.54, 1.807) is 5.56 Å². The van der Waals surface area contributed by atoms with Crippen molar-refractivity contribution in [2.45, 2.75) is 31.6 Å². The maximum absolute atomic E-state index is 4.43. The van der Waals surface area contributed by atoms with Crippen molar-refractivity contribution in [2.75, 3.05) is 0 Å². The van der Waals surface area contributed by atoms with Gasteiger partial charge in [0.25, 0.3) is 0 Å². The van der Waals surface area contributed by atoms with Crippen molar-refractivity contribution in [1.82, 2.24) is 9.97 Å². The van der Waals surface area contributed by atoms with Gasteiger partial charge in [-0.05, 0) is 57.9 Å². The number of hydrogen-bond donors (Lipinski definition) is 1. The fourth-order valence-corrected chi connectivity index (χ4v) is 4.36. The van der Waals surface area contributed by atoms with E-state index in [4.69, 9.17) is 0 Å². The predicted octanol–water partition coefficient (Wildman–Crippen LogP) is 5.38. The van der Waals surface area contributed by atoms with Crippen LogP contribution in [0.5, 0.6) is 0 Å². The molecular formula is C22H20N2. The normalized spacial score (nSPS) is 17.2. The highest BCUT2D eigenvalue weighted by atomic mass is 14.9. The molecule has 0 fully saturated rings. The van der Waals surface area contributed by atoms with Crippen LogP contribution >= 0.6 is 0 Å². The number of rotatable bonds is 2. The van der Waals surface area contributed by atoms with Crippen molar-refractivity contribution in [2.24, 2.45) is 0 Å². The van der Waals surface area contributed by atoms with E-state index in [2.05, 4.69) is 58.5 Å². The third-order valence-electron chi connectivity index (χ3n) is 5.49. The van der Waals surface area contributed by atoms with Gasteiger partial charge in [-0.3, -0.25) is 0 Å². The van der Waals surface area contributed by atoms with Crippen LogP contribution in [-0.4, -0.2) is 9.97 Å². The summed E-state index contributed by atoms with van der Waals surface area (Å²) in [6.45, 7) is 0. The highest BCUT2D eigenvalue weighted by Gasteiger charge is 2.23. The van der Waals surface area contributed by atoms with Gasteiger partial charge in [0.05, 0.1) is 0 Å². The second kappa shape index (κ2) is 5.48. The lowest BCUT2D eigenvalue weighted by Crippen LogP contribution is -2.13. The van der Waals surface area contributed by atoms with Crippen LogP contribution in [0.3, 0.4) is 0 Å². The molecule has 2 heteroatoms. The predicted molar refractivity (Wildman–Crippen MR) is 99.4 cm³/mol. The van der Waals surface area contributed by atoms with E-state index in [9.17, 15) is 0 Å². The van der Waals surface area contributed by atoms with Crippen molar-refractivity contribution in [3.8, 4) is 0 Å². The average Bonchev–Trinajstić information content (AvgIpc) is 3.14. The van der Waals surface area contributed by atoms with Crippen molar-refractivity contribution in [3.63, 3.8) is 0 Å². The summed E-state index contributed by atoms with van der Waals surface area (Å²) in [5.74, 6) is 1.68. The van der Waals surface area contributed by atoms with Gasteiger partial charge in [0.2, 0.25) is 0 Å². The van der Waals surface area contributed by atoms with Crippen LogP contribution in [-0.2, 0) is 12.8 Å². The zero-order valence-corrected chi connectivity index (χ0v) is 13.6. The lowest BCUT2D eigenvalue weighted by atomic mass is 9.78. The molecule has 4 aromatic rings. The molecule has 2 nitrogen and oxygen atoms in total. The van der Waals surface area contributed by atoms with E-state index in [0.29, 0.717) is 5.92 Å². The Kier molecular flexibility index (Phi) is 3.15. The third kappa shape index (κ3) is 2.14. The van der Waals surface area contributed by atoms with E-state index in [0.717, 1.165) is 12.2 Å². The quantitative estimate of drug-likeness (QED) is 0.495. The molecule has 24 heavy (non-hydrogen) atoms. The molecule has 0 radical (unpaired) electrons. The van der Waals surface area contributed by atoms with Gasteiger partial charge in [-0.15, -0.1) is 0 Å².